The summed E-state index contributed by atoms with van der Waals surface area (Å²) >= 11 is 1.55. The Morgan fingerprint density at radius 3 is 2.61 bits per heavy atom. The molecule has 0 bridgehead atoms. The molecule has 1 spiro atoms. The summed E-state index contributed by atoms with van der Waals surface area (Å²) in [5.74, 6) is 0.702. The van der Waals surface area contributed by atoms with Gasteiger partial charge in [0.2, 0.25) is 0 Å². The van der Waals surface area contributed by atoms with Gasteiger partial charge < -0.3 is 10.2 Å². The molecule has 1 atom stereocenters. The van der Waals surface area contributed by atoms with Gasteiger partial charge in [-0.15, -0.1) is 11.8 Å². The quantitative estimate of drug-likeness (QED) is 0.815. The van der Waals surface area contributed by atoms with Gasteiger partial charge in [-0.1, -0.05) is 24.3 Å². The zero-order chi connectivity index (χ0) is 20.1. The summed E-state index contributed by atoms with van der Waals surface area (Å²) in [6.07, 6.45) is 0. The number of rotatable bonds is 2. The molecule has 2 aliphatic rings. The first-order valence-corrected chi connectivity index (χ1v) is 10.6. The van der Waals surface area contributed by atoms with Gasteiger partial charge in [0, 0.05) is 29.6 Å². The molecule has 4 rings (SSSR count). The first-order chi connectivity index (χ1) is 13.4. The Labute approximate surface area is 170 Å². The van der Waals surface area contributed by atoms with E-state index in [-0.39, 0.29) is 18.0 Å². The van der Waals surface area contributed by atoms with Crippen molar-refractivity contribution in [1.82, 2.24) is 4.90 Å². The predicted molar refractivity (Wildman–Crippen MR) is 115 cm³/mol. The third kappa shape index (κ3) is 2.70. The highest BCUT2D eigenvalue weighted by Gasteiger charge is 2.59. The van der Waals surface area contributed by atoms with Crippen molar-refractivity contribution in [3.63, 3.8) is 0 Å². The molecule has 2 aromatic rings. The van der Waals surface area contributed by atoms with E-state index in [1.807, 2.05) is 75.1 Å². The minimum absolute atomic E-state index is 0.0264. The standard InChI is InChI=1S/C22H25N3O2S/c1-14(2)25-19-8-6-5-7-18(19)22(20(25)26)24(11-12-28-22)21(27)23-17-10-9-15(3)16(4)13-17/h5-10,13-14H,11-12H2,1-4H3,(H,23,27)/t22-/m0/s1. The number of nitrogens with zero attached hydrogens (tertiary/aromatic N) is 2. The minimum atomic E-state index is -0.981. The highest BCUT2D eigenvalue weighted by molar-refractivity contribution is 8.01. The van der Waals surface area contributed by atoms with Crippen LogP contribution in [0.25, 0.3) is 0 Å². The molecule has 28 heavy (non-hydrogen) atoms. The van der Waals surface area contributed by atoms with E-state index < -0.39 is 4.87 Å². The first kappa shape index (κ1) is 18.9. The van der Waals surface area contributed by atoms with Crippen molar-refractivity contribution in [3.8, 4) is 0 Å². The second-order valence-electron chi connectivity index (χ2n) is 7.66. The average Bonchev–Trinajstić information content (AvgIpc) is 3.20. The van der Waals surface area contributed by atoms with E-state index in [0.29, 0.717) is 6.54 Å². The zero-order valence-electron chi connectivity index (χ0n) is 16.7. The molecule has 146 valence electrons. The average molecular weight is 396 g/mol. The second-order valence-corrected chi connectivity index (χ2v) is 8.95. The Morgan fingerprint density at radius 2 is 1.89 bits per heavy atom. The van der Waals surface area contributed by atoms with Crippen molar-refractivity contribution in [2.45, 2.75) is 38.6 Å². The smallest absolute Gasteiger partial charge is 0.308 e. The van der Waals surface area contributed by atoms with E-state index in [1.165, 1.54) is 5.56 Å². The minimum Gasteiger partial charge on any atom is -0.308 e. The summed E-state index contributed by atoms with van der Waals surface area (Å²) in [4.78, 5) is 29.4. The summed E-state index contributed by atoms with van der Waals surface area (Å²) in [6, 6.07) is 13.5. The maximum absolute atomic E-state index is 13.6. The number of amides is 3. The van der Waals surface area contributed by atoms with Crippen molar-refractivity contribution >= 4 is 35.1 Å². The lowest BCUT2D eigenvalue weighted by atomic mass is 10.1. The number of fused-ring (bicyclic) bond motifs is 2. The highest BCUT2D eigenvalue weighted by atomic mass is 32.2. The molecule has 0 aliphatic carbocycles. The fourth-order valence-electron chi connectivity index (χ4n) is 4.05. The number of benzene rings is 2. The maximum Gasteiger partial charge on any atom is 0.323 e. The number of aryl methyl sites for hydroxylation is 2. The van der Waals surface area contributed by atoms with E-state index in [9.17, 15) is 9.59 Å². The number of anilines is 2. The van der Waals surface area contributed by atoms with E-state index >= 15 is 0 Å². The topological polar surface area (TPSA) is 52.7 Å². The number of carbonyl (C=O) groups excluding carboxylic acids is 2. The van der Waals surface area contributed by atoms with Gasteiger partial charge in [-0.3, -0.25) is 9.69 Å². The van der Waals surface area contributed by atoms with Gasteiger partial charge in [-0.05, 0) is 57.0 Å². The summed E-state index contributed by atoms with van der Waals surface area (Å²) < 4.78 is 0. The van der Waals surface area contributed by atoms with Crippen molar-refractivity contribution in [3.05, 3.63) is 59.2 Å². The molecule has 2 aromatic carbocycles. The van der Waals surface area contributed by atoms with Crippen LogP contribution in [0.15, 0.2) is 42.5 Å². The summed E-state index contributed by atoms with van der Waals surface area (Å²) in [7, 11) is 0. The molecule has 0 aromatic heterocycles. The van der Waals surface area contributed by atoms with Crippen LogP contribution < -0.4 is 10.2 Å². The molecule has 6 heteroatoms. The lowest BCUT2D eigenvalue weighted by Gasteiger charge is -2.33. The fraction of sp³-hybridized carbons (Fsp3) is 0.364. The number of hydrogen-bond donors (Lipinski definition) is 1. The SMILES string of the molecule is Cc1ccc(NC(=O)N2CCS[C@@]23C(=O)N(C(C)C)c2ccccc23)cc1C. The van der Waals surface area contributed by atoms with E-state index in [2.05, 4.69) is 5.32 Å². The van der Waals surface area contributed by atoms with Gasteiger partial charge in [0.05, 0.1) is 5.69 Å². The first-order valence-electron chi connectivity index (χ1n) is 9.59. The van der Waals surface area contributed by atoms with Crippen LogP contribution >= 0.6 is 11.8 Å². The zero-order valence-corrected chi connectivity index (χ0v) is 17.5. The Balaban J connectivity index is 1.72. The van der Waals surface area contributed by atoms with Crippen LogP contribution in [0.2, 0.25) is 0 Å². The molecule has 0 unspecified atom stereocenters. The van der Waals surface area contributed by atoms with Gasteiger partial charge in [0.25, 0.3) is 5.91 Å². The van der Waals surface area contributed by atoms with Crippen molar-refractivity contribution in [1.29, 1.82) is 0 Å². The Morgan fingerprint density at radius 1 is 1.14 bits per heavy atom. The number of nitrogens with one attached hydrogen (secondary N) is 1. The molecule has 1 saturated heterocycles. The summed E-state index contributed by atoms with van der Waals surface area (Å²) in [6.45, 7) is 8.62. The highest BCUT2D eigenvalue weighted by Crippen LogP contribution is 2.54. The third-order valence-corrected chi connectivity index (χ3v) is 6.98. The lowest BCUT2D eigenvalue weighted by Crippen LogP contribution is -2.52. The molecule has 2 aliphatic heterocycles. The van der Waals surface area contributed by atoms with Gasteiger partial charge in [-0.25, -0.2) is 4.79 Å². The number of carbonyl (C=O) groups is 2. The van der Waals surface area contributed by atoms with Crippen LogP contribution in [-0.4, -0.2) is 35.2 Å². The Bertz CT molecular complexity index is 959. The number of para-hydroxylation sites is 1. The van der Waals surface area contributed by atoms with E-state index in [4.69, 9.17) is 0 Å². The molecular weight excluding hydrogens is 370 g/mol. The normalized spacial score (nSPS) is 21.0. The van der Waals surface area contributed by atoms with Gasteiger partial charge >= 0.3 is 6.03 Å². The van der Waals surface area contributed by atoms with Crippen LogP contribution in [0.1, 0.15) is 30.5 Å². The fourth-order valence-corrected chi connectivity index (χ4v) is 5.50. The molecule has 5 nitrogen and oxygen atoms in total. The lowest BCUT2D eigenvalue weighted by molar-refractivity contribution is -0.123. The molecule has 0 saturated carbocycles. The second kappa shape index (κ2) is 6.85. The van der Waals surface area contributed by atoms with Gasteiger partial charge in [0.1, 0.15) is 0 Å². The Hall–Kier alpha value is -2.47. The number of hydrogen-bond acceptors (Lipinski definition) is 3. The van der Waals surface area contributed by atoms with Gasteiger partial charge in [0.15, 0.2) is 4.87 Å². The predicted octanol–water partition coefficient (Wildman–Crippen LogP) is 4.49. The monoisotopic (exact) mass is 395 g/mol. The Kier molecular flexibility index (Phi) is 4.62. The molecule has 2 heterocycles. The van der Waals surface area contributed by atoms with Crippen molar-refractivity contribution in [2.75, 3.05) is 22.5 Å². The van der Waals surface area contributed by atoms with Crippen LogP contribution in [-0.2, 0) is 9.67 Å². The van der Waals surface area contributed by atoms with Crippen LogP contribution in [0.3, 0.4) is 0 Å². The van der Waals surface area contributed by atoms with E-state index in [0.717, 1.165) is 28.3 Å². The number of urea groups is 1. The largest absolute Gasteiger partial charge is 0.323 e. The molecule has 3 amide bonds. The van der Waals surface area contributed by atoms with Crippen LogP contribution in [0, 0.1) is 13.8 Å². The maximum atomic E-state index is 13.6. The third-order valence-electron chi connectivity index (χ3n) is 5.56. The molecule has 1 N–H and O–H groups in total. The van der Waals surface area contributed by atoms with E-state index in [1.54, 1.807) is 16.7 Å². The van der Waals surface area contributed by atoms with Crippen molar-refractivity contribution < 1.29 is 9.59 Å². The molecule has 0 radical (unpaired) electrons. The number of thioether (sulfide) groups is 1. The summed E-state index contributed by atoms with van der Waals surface area (Å²) in [5.41, 5.74) is 4.86. The summed E-state index contributed by atoms with van der Waals surface area (Å²) in [5, 5.41) is 3.00. The molecular formula is C22H25N3O2S. The van der Waals surface area contributed by atoms with Crippen LogP contribution in [0.4, 0.5) is 16.2 Å². The van der Waals surface area contributed by atoms with Gasteiger partial charge in [-0.2, -0.15) is 0 Å². The van der Waals surface area contributed by atoms with Crippen LogP contribution in [0.5, 0.6) is 0 Å². The molecule has 1 fully saturated rings. The van der Waals surface area contributed by atoms with Crippen molar-refractivity contribution in [2.24, 2.45) is 0 Å².